The number of rotatable bonds is 5. The van der Waals surface area contributed by atoms with Gasteiger partial charge < -0.3 is 9.47 Å². The van der Waals surface area contributed by atoms with Gasteiger partial charge in [-0.2, -0.15) is 30.7 Å². The van der Waals surface area contributed by atoms with Crippen molar-refractivity contribution < 1.29 is 49.4 Å². The van der Waals surface area contributed by atoms with E-state index in [9.17, 15) is 39.9 Å². The number of ether oxygens (including phenoxy) is 2. The van der Waals surface area contributed by atoms with Crippen LogP contribution < -0.4 is 4.74 Å². The van der Waals surface area contributed by atoms with Crippen molar-refractivity contribution in [2.24, 2.45) is 0 Å². The first kappa shape index (κ1) is 21.5. The van der Waals surface area contributed by atoms with Gasteiger partial charge in [0.05, 0.1) is 12.7 Å². The predicted molar refractivity (Wildman–Crippen MR) is 79.2 cm³/mol. The minimum Gasteiger partial charge on any atom is -0.465 e. The summed E-state index contributed by atoms with van der Waals surface area (Å²) in [7, 11) is 1.07. The van der Waals surface area contributed by atoms with Gasteiger partial charge in [-0.3, -0.25) is 0 Å². The van der Waals surface area contributed by atoms with Gasteiger partial charge in [-0.15, -0.1) is 0 Å². The smallest absolute Gasteiger partial charge is 0.460 e. The van der Waals surface area contributed by atoms with Gasteiger partial charge >= 0.3 is 24.0 Å². The summed E-state index contributed by atoms with van der Waals surface area (Å²) < 4.78 is 113. The number of hydrogen-bond acceptors (Lipinski definition) is 3. The van der Waals surface area contributed by atoms with E-state index in [0.717, 1.165) is 25.3 Å². The van der Waals surface area contributed by atoms with Crippen molar-refractivity contribution in [1.29, 1.82) is 0 Å². The van der Waals surface area contributed by atoms with Crippen molar-refractivity contribution in [2.75, 3.05) is 7.11 Å². The highest BCUT2D eigenvalue weighted by molar-refractivity contribution is 5.89. The van der Waals surface area contributed by atoms with Gasteiger partial charge in [0.15, 0.2) is 11.6 Å². The molecule has 0 radical (unpaired) electrons. The molecular weight excluding hydrogens is 404 g/mol. The Bertz CT molecular complexity index is 860. The molecule has 2 aromatic carbocycles. The van der Waals surface area contributed by atoms with Crippen LogP contribution in [0, 0.1) is 5.82 Å². The number of methoxy groups -OCH3 is 1. The van der Waals surface area contributed by atoms with Gasteiger partial charge in [0.25, 0.3) is 0 Å². The summed E-state index contributed by atoms with van der Waals surface area (Å²) in [4.78, 5) is 11.3. The van der Waals surface area contributed by atoms with Crippen molar-refractivity contribution in [3.05, 3.63) is 59.4 Å². The Morgan fingerprint density at radius 2 is 1.46 bits per heavy atom. The maximum atomic E-state index is 13.9. The molecule has 0 bridgehead atoms. The van der Waals surface area contributed by atoms with Crippen molar-refractivity contribution >= 4 is 5.97 Å². The third-order valence-electron chi connectivity index (χ3n) is 3.55. The van der Waals surface area contributed by atoms with Crippen LogP contribution in [-0.2, 0) is 10.7 Å². The first-order valence-electron chi connectivity index (χ1n) is 7.30. The number of alkyl halides is 7. The minimum absolute atomic E-state index is 0.142. The molecule has 0 fully saturated rings. The SMILES string of the molecule is COC(=O)c1ccc(Oc2ccc(C(F)(F)C(F)(F)C(F)(F)F)cc2)c(F)c1. The molecule has 0 N–H and O–H groups in total. The molecule has 0 amide bonds. The first-order chi connectivity index (χ1) is 12.8. The summed E-state index contributed by atoms with van der Waals surface area (Å²) in [5.41, 5.74) is -1.75. The number of carbonyl (C=O) groups excluding carboxylic acids is 1. The van der Waals surface area contributed by atoms with Gasteiger partial charge in [0.2, 0.25) is 0 Å². The summed E-state index contributed by atoms with van der Waals surface area (Å²) in [5.74, 6) is -14.5. The average molecular weight is 414 g/mol. The van der Waals surface area contributed by atoms with Crippen molar-refractivity contribution in [2.45, 2.75) is 18.0 Å². The topological polar surface area (TPSA) is 35.5 Å². The van der Waals surface area contributed by atoms with Gasteiger partial charge in [-0.1, -0.05) is 0 Å². The lowest BCUT2D eigenvalue weighted by atomic mass is 10.0. The van der Waals surface area contributed by atoms with Crippen molar-refractivity contribution in [3.8, 4) is 11.5 Å². The maximum absolute atomic E-state index is 13.9. The van der Waals surface area contributed by atoms with E-state index in [1.54, 1.807) is 0 Å². The molecule has 11 heteroatoms. The summed E-state index contributed by atoms with van der Waals surface area (Å²) in [6.45, 7) is 0. The zero-order valence-corrected chi connectivity index (χ0v) is 13.8. The van der Waals surface area contributed by atoms with Gasteiger partial charge in [0, 0.05) is 5.56 Å². The molecule has 2 rings (SSSR count). The van der Waals surface area contributed by atoms with E-state index in [1.807, 2.05) is 0 Å². The number of halogens is 8. The number of carbonyl (C=O) groups is 1. The van der Waals surface area contributed by atoms with Crippen LogP contribution in [0.25, 0.3) is 0 Å². The molecule has 0 unspecified atom stereocenters. The minimum atomic E-state index is -6.46. The fourth-order valence-electron chi connectivity index (χ4n) is 2.05. The molecule has 0 heterocycles. The van der Waals surface area contributed by atoms with Crippen LogP contribution in [0.3, 0.4) is 0 Å². The Labute approximate surface area is 152 Å². The van der Waals surface area contributed by atoms with Crippen LogP contribution in [0.15, 0.2) is 42.5 Å². The zero-order valence-electron chi connectivity index (χ0n) is 13.8. The molecule has 152 valence electrons. The fraction of sp³-hybridized carbons (Fsp3) is 0.235. The standard InChI is InChI=1S/C17H10F8O3/c1-27-14(26)9-2-7-13(12(18)8-9)28-11-5-3-10(4-6-11)15(19,20)16(21,22)17(23,24)25/h2-8H,1H3. The van der Waals surface area contributed by atoms with Gasteiger partial charge in [-0.25, -0.2) is 9.18 Å². The maximum Gasteiger partial charge on any atom is 0.460 e. The van der Waals surface area contributed by atoms with Crippen molar-refractivity contribution in [1.82, 2.24) is 0 Å². The highest BCUT2D eigenvalue weighted by Gasteiger charge is 2.73. The van der Waals surface area contributed by atoms with E-state index in [0.29, 0.717) is 24.3 Å². The van der Waals surface area contributed by atoms with Crippen LogP contribution in [0.2, 0.25) is 0 Å². The molecule has 28 heavy (non-hydrogen) atoms. The summed E-state index contributed by atoms with van der Waals surface area (Å²) in [6, 6.07) is 4.87. The first-order valence-corrected chi connectivity index (χ1v) is 7.30. The lowest BCUT2D eigenvalue weighted by Gasteiger charge is -2.28. The van der Waals surface area contributed by atoms with E-state index < -0.39 is 41.1 Å². The number of benzene rings is 2. The Morgan fingerprint density at radius 1 is 0.893 bits per heavy atom. The second-order valence-corrected chi connectivity index (χ2v) is 5.41. The van der Waals surface area contributed by atoms with Gasteiger partial charge in [-0.05, 0) is 42.5 Å². The van der Waals surface area contributed by atoms with E-state index in [4.69, 9.17) is 4.74 Å². The second kappa shape index (κ2) is 7.28. The van der Waals surface area contributed by atoms with Crippen LogP contribution in [0.1, 0.15) is 15.9 Å². The molecular formula is C17H10F8O3. The Kier molecular flexibility index (Phi) is 5.58. The highest BCUT2D eigenvalue weighted by Crippen LogP contribution is 2.51. The van der Waals surface area contributed by atoms with Crippen LogP contribution in [-0.4, -0.2) is 25.2 Å². The molecule has 0 aliphatic rings. The summed E-state index contributed by atoms with van der Waals surface area (Å²) in [5, 5.41) is 0. The third-order valence-corrected chi connectivity index (χ3v) is 3.55. The molecule has 0 aliphatic heterocycles. The molecule has 0 aromatic heterocycles. The quantitative estimate of drug-likeness (QED) is 0.466. The Balaban J connectivity index is 2.25. The van der Waals surface area contributed by atoms with Crippen molar-refractivity contribution in [3.63, 3.8) is 0 Å². The summed E-state index contributed by atoms with van der Waals surface area (Å²) in [6.07, 6.45) is -6.46. The van der Waals surface area contributed by atoms with Crippen LogP contribution >= 0.6 is 0 Å². The lowest BCUT2D eigenvalue weighted by Crippen LogP contribution is -2.49. The second-order valence-electron chi connectivity index (χ2n) is 5.41. The molecule has 0 aliphatic carbocycles. The van der Waals surface area contributed by atoms with E-state index >= 15 is 0 Å². The van der Waals surface area contributed by atoms with E-state index in [1.165, 1.54) is 0 Å². The Morgan fingerprint density at radius 3 is 1.93 bits per heavy atom. The Hall–Kier alpha value is -2.85. The van der Waals surface area contributed by atoms with E-state index in [2.05, 4.69) is 4.74 Å². The third kappa shape index (κ3) is 3.87. The number of hydrogen-bond donors (Lipinski definition) is 0. The lowest BCUT2D eigenvalue weighted by molar-refractivity contribution is -0.359. The highest BCUT2D eigenvalue weighted by atomic mass is 19.4. The molecule has 3 nitrogen and oxygen atoms in total. The molecule has 0 atom stereocenters. The molecule has 2 aromatic rings. The van der Waals surface area contributed by atoms with Gasteiger partial charge in [0.1, 0.15) is 5.75 Å². The average Bonchev–Trinajstić information content (AvgIpc) is 2.62. The summed E-state index contributed by atoms with van der Waals surface area (Å²) >= 11 is 0. The zero-order chi connectivity index (χ0) is 21.3. The molecule has 0 saturated heterocycles. The normalized spacial score (nSPS) is 12.6. The monoisotopic (exact) mass is 414 g/mol. The van der Waals surface area contributed by atoms with Crippen LogP contribution in [0.5, 0.6) is 11.5 Å². The molecule has 0 spiro atoms. The predicted octanol–water partition coefficient (Wildman–Crippen LogP) is 5.69. The molecule has 0 saturated carbocycles. The fourth-order valence-corrected chi connectivity index (χ4v) is 2.05. The van der Waals surface area contributed by atoms with E-state index in [-0.39, 0.29) is 11.3 Å². The number of esters is 1. The van der Waals surface area contributed by atoms with Crippen LogP contribution in [0.4, 0.5) is 35.1 Å². The largest absolute Gasteiger partial charge is 0.465 e.